The van der Waals surface area contributed by atoms with Crippen molar-refractivity contribution in [3.8, 4) is 5.75 Å². The molecule has 0 bridgehead atoms. The third-order valence-corrected chi connectivity index (χ3v) is 4.95. The second-order valence-electron chi connectivity index (χ2n) is 7.10. The molecule has 4 rings (SSSR count). The predicted octanol–water partition coefficient (Wildman–Crippen LogP) is 2.49. The maximum absolute atomic E-state index is 12.9. The monoisotopic (exact) mass is 450 g/mol. The minimum Gasteiger partial charge on any atom is -0.495 e. The fraction of sp³-hybridized carbons (Fsp3) is 0.143. The molecule has 1 aliphatic rings. The van der Waals surface area contributed by atoms with E-state index in [1.807, 2.05) is 0 Å². The average Bonchev–Trinajstić information content (AvgIpc) is 2.78. The number of nitro groups is 1. The molecule has 1 atom stereocenters. The number of benzene rings is 2. The minimum absolute atomic E-state index is 0.0110. The van der Waals surface area contributed by atoms with Crippen molar-refractivity contribution in [3.05, 3.63) is 74.6 Å². The van der Waals surface area contributed by atoms with Crippen molar-refractivity contribution in [2.24, 2.45) is 0 Å². The molecule has 0 saturated heterocycles. The smallest absolute Gasteiger partial charge is 0.271 e. The number of aromatic amines is 1. The molecule has 0 aliphatic carbocycles. The second kappa shape index (κ2) is 8.78. The van der Waals surface area contributed by atoms with Crippen molar-refractivity contribution < 1.29 is 19.2 Å². The zero-order valence-electron chi connectivity index (χ0n) is 17.2. The van der Waals surface area contributed by atoms with E-state index in [-0.39, 0.29) is 35.1 Å². The lowest BCUT2D eigenvalue weighted by Gasteiger charge is -2.23. The van der Waals surface area contributed by atoms with Crippen molar-refractivity contribution in [3.63, 3.8) is 0 Å². The van der Waals surface area contributed by atoms with Crippen molar-refractivity contribution in [2.45, 2.75) is 12.3 Å². The van der Waals surface area contributed by atoms with Crippen LogP contribution in [0.1, 0.15) is 17.9 Å². The quantitative estimate of drug-likeness (QED) is 0.328. The summed E-state index contributed by atoms with van der Waals surface area (Å²) in [7, 11) is 1.49. The van der Waals surface area contributed by atoms with Crippen LogP contribution in [0.25, 0.3) is 0 Å². The van der Waals surface area contributed by atoms with Gasteiger partial charge in [-0.15, -0.1) is 0 Å². The van der Waals surface area contributed by atoms with Crippen molar-refractivity contribution in [2.75, 3.05) is 23.1 Å². The van der Waals surface area contributed by atoms with Gasteiger partial charge in [-0.3, -0.25) is 29.5 Å². The Balaban J connectivity index is 1.64. The first-order valence-electron chi connectivity index (χ1n) is 9.75. The number of carbonyl (C=O) groups excluding carboxylic acids is 2. The van der Waals surface area contributed by atoms with Crippen LogP contribution in [-0.4, -0.2) is 33.8 Å². The number of H-pyrrole nitrogens is 1. The zero-order chi connectivity index (χ0) is 23.5. The molecule has 12 nitrogen and oxygen atoms in total. The van der Waals surface area contributed by atoms with Gasteiger partial charge in [0.05, 0.1) is 29.2 Å². The number of amides is 2. The van der Waals surface area contributed by atoms with Crippen LogP contribution in [-0.2, 0) is 9.59 Å². The average molecular weight is 450 g/mol. The first-order valence-corrected chi connectivity index (χ1v) is 9.75. The van der Waals surface area contributed by atoms with Gasteiger partial charge in [0.1, 0.15) is 11.6 Å². The summed E-state index contributed by atoms with van der Waals surface area (Å²) in [5.74, 6) is -1.79. The van der Waals surface area contributed by atoms with Crippen LogP contribution < -0.4 is 26.2 Å². The van der Waals surface area contributed by atoms with Gasteiger partial charge in [0, 0.05) is 24.2 Å². The van der Waals surface area contributed by atoms with Gasteiger partial charge in [-0.1, -0.05) is 18.2 Å². The molecule has 2 aromatic carbocycles. The molecule has 0 saturated carbocycles. The number of non-ortho nitro benzene ring substituents is 1. The maximum Gasteiger partial charge on any atom is 0.271 e. The highest BCUT2D eigenvalue weighted by atomic mass is 16.6. The Labute approximate surface area is 186 Å². The number of anilines is 4. The number of rotatable bonds is 6. The fourth-order valence-electron chi connectivity index (χ4n) is 3.46. The van der Waals surface area contributed by atoms with E-state index in [1.165, 1.54) is 31.4 Å². The molecular formula is C21H18N6O6. The maximum atomic E-state index is 12.9. The third-order valence-electron chi connectivity index (χ3n) is 4.95. The van der Waals surface area contributed by atoms with E-state index in [1.54, 1.807) is 24.3 Å². The van der Waals surface area contributed by atoms with Gasteiger partial charge in [-0.25, -0.2) is 0 Å². The Morgan fingerprint density at radius 3 is 2.76 bits per heavy atom. The number of aromatic nitrogens is 2. The molecule has 4 N–H and O–H groups in total. The summed E-state index contributed by atoms with van der Waals surface area (Å²) >= 11 is 0. The first-order chi connectivity index (χ1) is 15.9. The van der Waals surface area contributed by atoms with Crippen molar-refractivity contribution in [1.29, 1.82) is 0 Å². The molecule has 0 fully saturated rings. The second-order valence-corrected chi connectivity index (χ2v) is 7.10. The number of carbonyl (C=O) groups is 2. The van der Waals surface area contributed by atoms with E-state index in [2.05, 4.69) is 25.9 Å². The molecule has 2 amide bonds. The summed E-state index contributed by atoms with van der Waals surface area (Å²) in [5.41, 5.74) is -0.133. The number of nitrogens with zero attached hydrogens (tertiary/aromatic N) is 2. The minimum atomic E-state index is -1.13. The van der Waals surface area contributed by atoms with Crippen molar-refractivity contribution in [1.82, 2.24) is 9.97 Å². The molecule has 168 valence electrons. The number of hydrogen-bond acceptors (Lipinski definition) is 8. The van der Waals surface area contributed by atoms with Gasteiger partial charge >= 0.3 is 0 Å². The zero-order valence-corrected chi connectivity index (χ0v) is 17.2. The van der Waals surface area contributed by atoms with Gasteiger partial charge in [-0.05, 0) is 18.2 Å². The van der Waals surface area contributed by atoms with Gasteiger partial charge in [0.15, 0.2) is 0 Å². The first kappa shape index (κ1) is 21.5. The highest BCUT2D eigenvalue weighted by Crippen LogP contribution is 2.31. The lowest BCUT2D eigenvalue weighted by atomic mass is 9.92. The molecule has 2 heterocycles. The summed E-state index contributed by atoms with van der Waals surface area (Å²) in [6.45, 7) is 0. The van der Waals surface area contributed by atoms with Gasteiger partial charge in [-0.2, -0.15) is 4.98 Å². The number of hydrogen-bond donors (Lipinski definition) is 4. The Bertz CT molecular complexity index is 1320. The third kappa shape index (κ3) is 4.49. The summed E-state index contributed by atoms with van der Waals surface area (Å²) in [6.07, 6.45) is -0.280. The van der Waals surface area contributed by atoms with E-state index in [4.69, 9.17) is 4.74 Å². The van der Waals surface area contributed by atoms with E-state index < -0.39 is 28.2 Å². The summed E-state index contributed by atoms with van der Waals surface area (Å²) in [6, 6.07) is 12.3. The fourth-order valence-corrected chi connectivity index (χ4v) is 3.46. The van der Waals surface area contributed by atoms with Gasteiger partial charge < -0.3 is 20.7 Å². The number of methoxy groups -OCH3 is 1. The molecular weight excluding hydrogens is 432 g/mol. The standard InChI is InChI=1S/C21H18N6O6/c1-33-15-8-3-2-7-14(15)23-21-25-18-17(20(30)26-21)13(10-16(28)24-18)19(29)22-11-5-4-6-12(9-11)27(31)32/h2-9,13H,10H2,1H3,(H,22,29)(H3,23,24,25,26,28,30)/t13-/m1/s1. The number of para-hydroxylation sites is 2. The highest BCUT2D eigenvalue weighted by molar-refractivity contribution is 6.04. The molecule has 0 unspecified atom stereocenters. The SMILES string of the molecule is COc1ccccc1Nc1nc2c(c(=O)[nH]1)[C@H](C(=O)Nc1cccc([N+](=O)[O-])c1)CC(=O)N2. The van der Waals surface area contributed by atoms with Gasteiger partial charge in [0.25, 0.3) is 11.2 Å². The van der Waals surface area contributed by atoms with Crippen LogP contribution in [0.15, 0.2) is 53.3 Å². The molecule has 1 aromatic heterocycles. The molecule has 0 radical (unpaired) electrons. The van der Waals surface area contributed by atoms with E-state index in [9.17, 15) is 24.5 Å². The van der Waals surface area contributed by atoms with Crippen LogP contribution in [0.5, 0.6) is 5.75 Å². The van der Waals surface area contributed by atoms with Crippen LogP contribution in [0.2, 0.25) is 0 Å². The Kier molecular flexibility index (Phi) is 5.72. The number of nitrogens with one attached hydrogen (secondary N) is 4. The highest BCUT2D eigenvalue weighted by Gasteiger charge is 2.35. The molecule has 1 aliphatic heterocycles. The summed E-state index contributed by atoms with van der Waals surface area (Å²) < 4.78 is 5.26. The van der Waals surface area contributed by atoms with Crippen LogP contribution in [0.3, 0.4) is 0 Å². The Morgan fingerprint density at radius 1 is 1.21 bits per heavy atom. The van der Waals surface area contributed by atoms with E-state index in [0.29, 0.717) is 11.4 Å². The molecule has 12 heteroatoms. The van der Waals surface area contributed by atoms with Crippen LogP contribution >= 0.6 is 0 Å². The normalized spacial score (nSPS) is 14.6. The molecule has 0 spiro atoms. The number of nitro benzene ring substituents is 1. The summed E-state index contributed by atoms with van der Waals surface area (Å²) in [5, 5.41) is 18.9. The topological polar surface area (TPSA) is 168 Å². The van der Waals surface area contributed by atoms with Crippen LogP contribution in [0, 0.1) is 10.1 Å². The number of ether oxygens (including phenoxy) is 1. The van der Waals surface area contributed by atoms with Gasteiger partial charge in [0.2, 0.25) is 17.8 Å². The lowest BCUT2D eigenvalue weighted by Crippen LogP contribution is -2.36. The molecule has 3 aromatic rings. The van der Waals surface area contributed by atoms with E-state index >= 15 is 0 Å². The summed E-state index contributed by atoms with van der Waals surface area (Å²) in [4.78, 5) is 55.2. The lowest BCUT2D eigenvalue weighted by molar-refractivity contribution is -0.384. The van der Waals surface area contributed by atoms with E-state index in [0.717, 1.165) is 0 Å². The largest absolute Gasteiger partial charge is 0.495 e. The van der Waals surface area contributed by atoms with Crippen molar-refractivity contribution >= 4 is 40.6 Å². The predicted molar refractivity (Wildman–Crippen MR) is 119 cm³/mol. The number of fused-ring (bicyclic) bond motifs is 1. The van der Waals surface area contributed by atoms with Crippen LogP contribution in [0.4, 0.5) is 28.8 Å². The molecule has 33 heavy (non-hydrogen) atoms. The Hall–Kier alpha value is -4.74. The Morgan fingerprint density at radius 2 is 2.00 bits per heavy atom.